The number of halogens is 1. The molecule has 0 amide bonds. The van der Waals surface area contributed by atoms with E-state index in [-0.39, 0.29) is 6.61 Å². The maximum atomic E-state index is 9.24. The van der Waals surface area contributed by atoms with Crippen molar-refractivity contribution in [1.29, 1.82) is 0 Å². The van der Waals surface area contributed by atoms with Gasteiger partial charge in [-0.2, -0.15) is 0 Å². The summed E-state index contributed by atoms with van der Waals surface area (Å²) in [6, 6.07) is 13.4. The van der Waals surface area contributed by atoms with Gasteiger partial charge in [-0.25, -0.2) is 0 Å². The van der Waals surface area contributed by atoms with E-state index < -0.39 is 0 Å². The zero-order chi connectivity index (χ0) is 13.0. The van der Waals surface area contributed by atoms with Crippen molar-refractivity contribution in [3.8, 4) is 5.75 Å². The standard InChI is InChI=1S/C15H15ClO2/c1-11-2-4-12(5-3-11)10-18-15-7-6-14(16)8-13(15)9-17/h2-8,17H,9-10H2,1H3. The van der Waals surface area contributed by atoms with E-state index in [1.165, 1.54) is 5.56 Å². The molecule has 2 nitrogen and oxygen atoms in total. The molecule has 0 aliphatic heterocycles. The molecule has 0 bridgehead atoms. The Morgan fingerprint density at radius 2 is 1.83 bits per heavy atom. The lowest BCUT2D eigenvalue weighted by Gasteiger charge is -2.10. The van der Waals surface area contributed by atoms with Crippen molar-refractivity contribution < 1.29 is 9.84 Å². The maximum absolute atomic E-state index is 9.24. The number of rotatable bonds is 4. The summed E-state index contributed by atoms with van der Waals surface area (Å²) in [4.78, 5) is 0. The minimum atomic E-state index is -0.0796. The number of hydrogen-bond acceptors (Lipinski definition) is 2. The summed E-state index contributed by atoms with van der Waals surface area (Å²) in [7, 11) is 0. The molecule has 2 aromatic rings. The first-order chi connectivity index (χ1) is 8.69. The molecule has 0 saturated heterocycles. The van der Waals surface area contributed by atoms with E-state index in [0.717, 1.165) is 5.56 Å². The molecule has 0 saturated carbocycles. The highest BCUT2D eigenvalue weighted by molar-refractivity contribution is 6.30. The van der Waals surface area contributed by atoms with Crippen molar-refractivity contribution in [2.75, 3.05) is 0 Å². The number of aliphatic hydroxyl groups excluding tert-OH is 1. The Kier molecular flexibility index (Phi) is 4.24. The Bertz CT molecular complexity index is 521. The third-order valence-corrected chi connectivity index (χ3v) is 2.94. The van der Waals surface area contributed by atoms with Crippen LogP contribution in [-0.2, 0) is 13.2 Å². The third kappa shape index (κ3) is 3.25. The minimum Gasteiger partial charge on any atom is -0.489 e. The minimum absolute atomic E-state index is 0.0796. The zero-order valence-corrected chi connectivity index (χ0v) is 10.9. The molecule has 94 valence electrons. The van der Waals surface area contributed by atoms with Gasteiger partial charge in [0.25, 0.3) is 0 Å². The lowest BCUT2D eigenvalue weighted by molar-refractivity contribution is 0.259. The Morgan fingerprint density at radius 1 is 1.11 bits per heavy atom. The summed E-state index contributed by atoms with van der Waals surface area (Å²) in [5, 5.41) is 9.84. The molecule has 0 unspecified atom stereocenters. The molecule has 0 spiro atoms. The summed E-state index contributed by atoms with van der Waals surface area (Å²) < 4.78 is 5.69. The Labute approximate surface area is 112 Å². The number of hydrogen-bond donors (Lipinski definition) is 1. The summed E-state index contributed by atoms with van der Waals surface area (Å²) in [5.74, 6) is 0.669. The van der Waals surface area contributed by atoms with E-state index in [1.807, 2.05) is 31.2 Å². The molecule has 18 heavy (non-hydrogen) atoms. The van der Waals surface area contributed by atoms with Gasteiger partial charge in [-0.15, -0.1) is 0 Å². The molecule has 0 fully saturated rings. The number of benzene rings is 2. The second-order valence-electron chi connectivity index (χ2n) is 4.18. The van der Waals surface area contributed by atoms with Gasteiger partial charge in [0.2, 0.25) is 0 Å². The topological polar surface area (TPSA) is 29.5 Å². The highest BCUT2D eigenvalue weighted by Gasteiger charge is 2.04. The fourth-order valence-corrected chi connectivity index (χ4v) is 1.85. The van der Waals surface area contributed by atoms with Gasteiger partial charge in [-0.3, -0.25) is 0 Å². The van der Waals surface area contributed by atoms with Crippen LogP contribution in [0.5, 0.6) is 5.75 Å². The molecule has 2 rings (SSSR count). The van der Waals surface area contributed by atoms with Gasteiger partial charge in [0.05, 0.1) is 6.61 Å². The largest absolute Gasteiger partial charge is 0.489 e. The average molecular weight is 263 g/mol. The van der Waals surface area contributed by atoms with Crippen molar-refractivity contribution >= 4 is 11.6 Å². The summed E-state index contributed by atoms with van der Waals surface area (Å²) >= 11 is 5.86. The molecular weight excluding hydrogens is 248 g/mol. The van der Waals surface area contributed by atoms with Crippen molar-refractivity contribution in [3.63, 3.8) is 0 Å². The first-order valence-electron chi connectivity index (χ1n) is 5.76. The van der Waals surface area contributed by atoms with E-state index in [2.05, 4.69) is 0 Å². The molecule has 0 heterocycles. The van der Waals surface area contributed by atoms with Crippen LogP contribution in [-0.4, -0.2) is 5.11 Å². The predicted molar refractivity (Wildman–Crippen MR) is 72.9 cm³/mol. The molecule has 0 atom stereocenters. The van der Waals surface area contributed by atoms with Gasteiger partial charge in [0, 0.05) is 10.6 Å². The van der Waals surface area contributed by atoms with Crippen LogP contribution in [0.15, 0.2) is 42.5 Å². The van der Waals surface area contributed by atoms with Crippen molar-refractivity contribution in [2.45, 2.75) is 20.1 Å². The van der Waals surface area contributed by atoms with Gasteiger partial charge in [0.15, 0.2) is 0 Å². The van der Waals surface area contributed by atoms with Crippen LogP contribution in [0.3, 0.4) is 0 Å². The number of aryl methyl sites for hydroxylation is 1. The first-order valence-corrected chi connectivity index (χ1v) is 6.14. The second kappa shape index (κ2) is 5.89. The molecule has 0 radical (unpaired) electrons. The van der Waals surface area contributed by atoms with Gasteiger partial charge in [0.1, 0.15) is 12.4 Å². The Morgan fingerprint density at radius 3 is 2.50 bits per heavy atom. The van der Waals surface area contributed by atoms with E-state index >= 15 is 0 Å². The van der Waals surface area contributed by atoms with Gasteiger partial charge >= 0.3 is 0 Å². The van der Waals surface area contributed by atoms with Crippen LogP contribution in [0, 0.1) is 6.92 Å². The van der Waals surface area contributed by atoms with E-state index in [0.29, 0.717) is 22.9 Å². The fraction of sp³-hybridized carbons (Fsp3) is 0.200. The lowest BCUT2D eigenvalue weighted by atomic mass is 10.1. The van der Waals surface area contributed by atoms with Gasteiger partial charge < -0.3 is 9.84 Å². The molecular formula is C15H15ClO2. The molecule has 0 aromatic heterocycles. The van der Waals surface area contributed by atoms with Crippen molar-refractivity contribution in [2.24, 2.45) is 0 Å². The monoisotopic (exact) mass is 262 g/mol. The molecule has 0 aliphatic rings. The fourth-order valence-electron chi connectivity index (χ4n) is 1.66. The Balaban J connectivity index is 2.08. The van der Waals surface area contributed by atoms with Crippen molar-refractivity contribution in [1.82, 2.24) is 0 Å². The number of aliphatic hydroxyl groups is 1. The lowest BCUT2D eigenvalue weighted by Crippen LogP contribution is -1.98. The quantitative estimate of drug-likeness (QED) is 0.910. The van der Waals surface area contributed by atoms with E-state index in [1.54, 1.807) is 18.2 Å². The van der Waals surface area contributed by atoms with Crippen LogP contribution in [0.1, 0.15) is 16.7 Å². The SMILES string of the molecule is Cc1ccc(COc2ccc(Cl)cc2CO)cc1. The summed E-state index contributed by atoms with van der Waals surface area (Å²) in [5.41, 5.74) is 3.02. The van der Waals surface area contributed by atoms with Gasteiger partial charge in [-0.1, -0.05) is 41.4 Å². The highest BCUT2D eigenvalue weighted by Crippen LogP contribution is 2.23. The van der Waals surface area contributed by atoms with E-state index in [4.69, 9.17) is 16.3 Å². The highest BCUT2D eigenvalue weighted by atomic mass is 35.5. The van der Waals surface area contributed by atoms with Crippen LogP contribution in [0.2, 0.25) is 5.02 Å². The second-order valence-corrected chi connectivity index (χ2v) is 4.62. The molecule has 1 N–H and O–H groups in total. The predicted octanol–water partition coefficient (Wildman–Crippen LogP) is 3.72. The molecule has 3 heteroatoms. The van der Waals surface area contributed by atoms with E-state index in [9.17, 15) is 5.11 Å². The first kappa shape index (κ1) is 12.9. The summed E-state index contributed by atoms with van der Waals surface area (Å²) in [6.45, 7) is 2.45. The zero-order valence-electron chi connectivity index (χ0n) is 10.2. The molecule has 2 aromatic carbocycles. The normalized spacial score (nSPS) is 10.4. The third-order valence-electron chi connectivity index (χ3n) is 2.71. The molecule has 0 aliphatic carbocycles. The summed E-state index contributed by atoms with van der Waals surface area (Å²) in [6.07, 6.45) is 0. The van der Waals surface area contributed by atoms with Crippen LogP contribution in [0.4, 0.5) is 0 Å². The van der Waals surface area contributed by atoms with Crippen LogP contribution >= 0.6 is 11.6 Å². The Hall–Kier alpha value is -1.51. The smallest absolute Gasteiger partial charge is 0.125 e. The van der Waals surface area contributed by atoms with Crippen LogP contribution < -0.4 is 4.74 Å². The van der Waals surface area contributed by atoms with Gasteiger partial charge in [-0.05, 0) is 30.7 Å². The average Bonchev–Trinajstić information content (AvgIpc) is 2.39. The number of ether oxygens (including phenoxy) is 1. The van der Waals surface area contributed by atoms with Crippen LogP contribution in [0.25, 0.3) is 0 Å². The maximum Gasteiger partial charge on any atom is 0.125 e. The van der Waals surface area contributed by atoms with Crippen molar-refractivity contribution in [3.05, 3.63) is 64.2 Å².